The molecule has 0 fully saturated rings. The molecule has 2 heterocycles. The standard InChI is InChI=1S/C24H29F2N3O5/c1-15(2)9-10-18-19(33-16-7-5-8-17(13-16)34-24(3,25)26)14-27-21-20(18)22(31)29(11-6-12-30)23(32)28(21)4/h5,7-8,13-15,30H,6,9-12H2,1-4H3. The number of aryl methyl sites for hydroxylation is 2. The van der Waals surface area contributed by atoms with Crippen LogP contribution >= 0.6 is 0 Å². The number of hydrogen-bond acceptors (Lipinski definition) is 6. The number of benzene rings is 1. The first-order valence-electron chi connectivity index (χ1n) is 11.1. The largest absolute Gasteiger partial charge is 0.455 e. The molecule has 2 aromatic heterocycles. The van der Waals surface area contributed by atoms with Gasteiger partial charge in [-0.2, -0.15) is 8.78 Å². The van der Waals surface area contributed by atoms with Crippen molar-refractivity contribution in [3.8, 4) is 17.2 Å². The highest BCUT2D eigenvalue weighted by Crippen LogP contribution is 2.32. The first-order valence-corrected chi connectivity index (χ1v) is 11.1. The summed E-state index contributed by atoms with van der Waals surface area (Å²) in [5.41, 5.74) is -0.230. The molecule has 3 aromatic rings. The van der Waals surface area contributed by atoms with Gasteiger partial charge < -0.3 is 14.6 Å². The first kappa shape index (κ1) is 25.4. The van der Waals surface area contributed by atoms with Gasteiger partial charge in [-0.05, 0) is 37.3 Å². The van der Waals surface area contributed by atoms with Crippen LogP contribution in [0, 0.1) is 5.92 Å². The number of ether oxygens (including phenoxy) is 2. The molecular weight excluding hydrogens is 448 g/mol. The van der Waals surface area contributed by atoms with Gasteiger partial charge in [-0.25, -0.2) is 9.78 Å². The number of pyridine rings is 1. The van der Waals surface area contributed by atoms with Crippen molar-refractivity contribution in [2.75, 3.05) is 6.61 Å². The van der Waals surface area contributed by atoms with Crippen LogP contribution in [0.5, 0.6) is 17.2 Å². The van der Waals surface area contributed by atoms with Gasteiger partial charge in [-0.1, -0.05) is 19.9 Å². The topological polar surface area (TPSA) is 95.6 Å². The lowest BCUT2D eigenvalue weighted by molar-refractivity contribution is -0.158. The lowest BCUT2D eigenvalue weighted by Crippen LogP contribution is -2.40. The van der Waals surface area contributed by atoms with Gasteiger partial charge in [0.05, 0.1) is 11.6 Å². The Kier molecular flexibility index (Phi) is 7.71. The Labute approximate surface area is 195 Å². The van der Waals surface area contributed by atoms with Crippen LogP contribution in [0.1, 0.15) is 39.2 Å². The minimum absolute atomic E-state index is 0.0667. The van der Waals surface area contributed by atoms with Crippen LogP contribution in [0.4, 0.5) is 8.78 Å². The summed E-state index contributed by atoms with van der Waals surface area (Å²) in [6.07, 6.45) is -0.463. The van der Waals surface area contributed by atoms with Crippen LogP contribution in [-0.2, 0) is 20.0 Å². The fourth-order valence-corrected chi connectivity index (χ4v) is 3.62. The normalized spacial score (nSPS) is 11.9. The molecular formula is C24H29F2N3O5. The third kappa shape index (κ3) is 5.80. The van der Waals surface area contributed by atoms with Crippen molar-refractivity contribution >= 4 is 11.0 Å². The zero-order valence-electron chi connectivity index (χ0n) is 19.7. The molecule has 0 amide bonds. The van der Waals surface area contributed by atoms with E-state index in [1.165, 1.54) is 36.0 Å². The molecule has 1 N–H and O–H groups in total. The number of rotatable bonds is 10. The molecule has 184 valence electrons. The number of aromatic nitrogens is 3. The van der Waals surface area contributed by atoms with Crippen molar-refractivity contribution in [1.82, 2.24) is 14.1 Å². The summed E-state index contributed by atoms with van der Waals surface area (Å²) in [7, 11) is 1.53. The Morgan fingerprint density at radius 3 is 2.56 bits per heavy atom. The number of nitrogens with zero attached hydrogens (tertiary/aromatic N) is 3. The first-order chi connectivity index (χ1) is 16.0. The van der Waals surface area contributed by atoms with E-state index in [1.54, 1.807) is 6.07 Å². The smallest absolute Gasteiger partial charge is 0.394 e. The summed E-state index contributed by atoms with van der Waals surface area (Å²) in [6, 6.07) is 5.81. The average Bonchev–Trinajstić information content (AvgIpc) is 2.75. The molecule has 0 aliphatic carbocycles. The molecule has 0 aliphatic heterocycles. The van der Waals surface area contributed by atoms with Gasteiger partial charge in [0.1, 0.15) is 22.9 Å². The molecule has 0 saturated carbocycles. The Bertz CT molecular complexity index is 1280. The van der Waals surface area contributed by atoms with Crippen LogP contribution in [0.25, 0.3) is 11.0 Å². The number of aliphatic hydroxyl groups excluding tert-OH is 1. The summed E-state index contributed by atoms with van der Waals surface area (Å²) < 4.78 is 39.5. The molecule has 3 rings (SSSR count). The second-order valence-electron chi connectivity index (χ2n) is 8.59. The summed E-state index contributed by atoms with van der Waals surface area (Å²) in [4.78, 5) is 30.4. The second kappa shape index (κ2) is 10.3. The fraction of sp³-hybridized carbons (Fsp3) is 0.458. The van der Waals surface area contributed by atoms with E-state index < -0.39 is 17.4 Å². The Hall–Kier alpha value is -3.27. The number of halogens is 2. The van der Waals surface area contributed by atoms with Crippen LogP contribution in [-0.4, -0.2) is 31.9 Å². The molecule has 8 nitrogen and oxygen atoms in total. The molecule has 1 aromatic carbocycles. The Balaban J connectivity index is 2.17. The van der Waals surface area contributed by atoms with Crippen molar-refractivity contribution in [2.24, 2.45) is 13.0 Å². The van der Waals surface area contributed by atoms with Gasteiger partial charge in [0.2, 0.25) is 0 Å². The van der Waals surface area contributed by atoms with Crippen molar-refractivity contribution in [3.05, 3.63) is 56.9 Å². The molecule has 0 atom stereocenters. The lowest BCUT2D eigenvalue weighted by Gasteiger charge is -2.17. The van der Waals surface area contributed by atoms with E-state index in [0.29, 0.717) is 24.8 Å². The Morgan fingerprint density at radius 1 is 1.21 bits per heavy atom. The highest BCUT2D eigenvalue weighted by atomic mass is 19.3. The molecule has 0 radical (unpaired) electrons. The average molecular weight is 478 g/mol. The maximum absolute atomic E-state index is 13.4. The quantitative estimate of drug-likeness (QED) is 0.477. The molecule has 0 spiro atoms. The zero-order valence-corrected chi connectivity index (χ0v) is 19.7. The maximum atomic E-state index is 13.4. The van der Waals surface area contributed by atoms with Gasteiger partial charge in [0, 0.05) is 38.8 Å². The third-order valence-electron chi connectivity index (χ3n) is 5.26. The molecule has 34 heavy (non-hydrogen) atoms. The van der Waals surface area contributed by atoms with Crippen LogP contribution in [0.15, 0.2) is 40.1 Å². The van der Waals surface area contributed by atoms with E-state index >= 15 is 0 Å². The highest BCUT2D eigenvalue weighted by molar-refractivity contribution is 5.80. The molecule has 0 saturated heterocycles. The lowest BCUT2D eigenvalue weighted by atomic mass is 10.0. The maximum Gasteiger partial charge on any atom is 0.394 e. The molecule has 10 heteroatoms. The van der Waals surface area contributed by atoms with E-state index in [2.05, 4.69) is 9.72 Å². The van der Waals surface area contributed by atoms with Crippen molar-refractivity contribution in [3.63, 3.8) is 0 Å². The van der Waals surface area contributed by atoms with E-state index in [0.717, 1.165) is 11.0 Å². The van der Waals surface area contributed by atoms with Crippen molar-refractivity contribution in [2.45, 2.75) is 52.7 Å². The third-order valence-corrected chi connectivity index (χ3v) is 5.26. The predicted molar refractivity (Wildman–Crippen MR) is 124 cm³/mol. The second-order valence-corrected chi connectivity index (χ2v) is 8.59. The van der Waals surface area contributed by atoms with Gasteiger partial charge in [0.25, 0.3) is 5.56 Å². The van der Waals surface area contributed by atoms with Crippen molar-refractivity contribution in [1.29, 1.82) is 0 Å². The van der Waals surface area contributed by atoms with E-state index in [9.17, 15) is 23.5 Å². The minimum Gasteiger partial charge on any atom is -0.455 e. The number of aliphatic hydroxyl groups is 1. The summed E-state index contributed by atoms with van der Waals surface area (Å²) in [5, 5.41) is 9.43. The van der Waals surface area contributed by atoms with Crippen LogP contribution in [0.2, 0.25) is 0 Å². The van der Waals surface area contributed by atoms with Crippen molar-refractivity contribution < 1.29 is 23.4 Å². The van der Waals surface area contributed by atoms with Gasteiger partial charge >= 0.3 is 11.8 Å². The molecule has 0 bridgehead atoms. The predicted octanol–water partition coefficient (Wildman–Crippen LogP) is 3.85. The molecule has 0 unspecified atom stereocenters. The number of alkyl halides is 2. The molecule has 0 aliphatic rings. The van der Waals surface area contributed by atoms with Crippen LogP contribution < -0.4 is 20.7 Å². The summed E-state index contributed by atoms with van der Waals surface area (Å²) in [6.45, 7) is 4.64. The number of fused-ring (bicyclic) bond motifs is 1. The number of hydrogen-bond donors (Lipinski definition) is 1. The van der Waals surface area contributed by atoms with E-state index in [-0.39, 0.29) is 47.9 Å². The Morgan fingerprint density at radius 2 is 1.91 bits per heavy atom. The van der Waals surface area contributed by atoms with Crippen LogP contribution in [0.3, 0.4) is 0 Å². The van der Waals surface area contributed by atoms with Gasteiger partial charge in [0.15, 0.2) is 0 Å². The van der Waals surface area contributed by atoms with Gasteiger partial charge in [-0.3, -0.25) is 13.9 Å². The zero-order chi connectivity index (χ0) is 25.0. The minimum atomic E-state index is -3.35. The summed E-state index contributed by atoms with van der Waals surface area (Å²) >= 11 is 0. The summed E-state index contributed by atoms with van der Waals surface area (Å²) in [5.74, 6) is 0.775. The monoisotopic (exact) mass is 477 g/mol. The van der Waals surface area contributed by atoms with E-state index in [4.69, 9.17) is 4.74 Å². The fourth-order valence-electron chi connectivity index (χ4n) is 3.62. The highest BCUT2D eigenvalue weighted by Gasteiger charge is 2.24. The van der Waals surface area contributed by atoms with Gasteiger partial charge in [-0.15, -0.1) is 0 Å². The van der Waals surface area contributed by atoms with E-state index in [1.807, 2.05) is 13.8 Å². The SMILES string of the molecule is CC(C)CCc1c(Oc2cccc(OC(C)(F)F)c2)cnc2c1c(=O)n(CCCO)c(=O)n2C.